The molecule has 118 valence electrons. The third kappa shape index (κ3) is 2.89. The molecule has 0 N–H and O–H groups in total. The Labute approximate surface area is 129 Å². The molecule has 22 heavy (non-hydrogen) atoms. The molecule has 2 aromatic rings. The van der Waals surface area contributed by atoms with Gasteiger partial charge in [-0.2, -0.15) is 4.98 Å². The minimum atomic E-state index is 0.102. The molecule has 0 aliphatic carbocycles. The van der Waals surface area contributed by atoms with Gasteiger partial charge < -0.3 is 14.0 Å². The first kappa shape index (κ1) is 14.8. The number of rotatable bonds is 3. The lowest BCUT2D eigenvalue weighted by Gasteiger charge is -2.34. The van der Waals surface area contributed by atoms with E-state index in [-0.39, 0.29) is 5.91 Å². The highest BCUT2D eigenvalue weighted by molar-refractivity contribution is 5.93. The normalized spacial score (nSPS) is 16.2. The maximum absolute atomic E-state index is 12.5. The molecule has 3 rings (SSSR count). The largest absolute Gasteiger partial charge is 0.344 e. The van der Waals surface area contributed by atoms with Gasteiger partial charge in [0.1, 0.15) is 5.69 Å². The van der Waals surface area contributed by atoms with Gasteiger partial charge in [-0.25, -0.2) is 0 Å². The van der Waals surface area contributed by atoms with E-state index in [9.17, 15) is 4.79 Å². The number of nitrogens with zero attached hydrogens (tertiary/aromatic N) is 5. The molecule has 0 aromatic carbocycles. The third-order valence-corrected chi connectivity index (χ3v) is 4.19. The number of hydrogen-bond acceptors (Lipinski definition) is 5. The minimum absolute atomic E-state index is 0.102. The summed E-state index contributed by atoms with van der Waals surface area (Å²) in [6.07, 6.45) is 0. The summed E-state index contributed by atoms with van der Waals surface area (Å²) in [5, 5.41) is 3.91. The SMILES string of the molecule is Cc1nc(CN2CCN(C(=O)c3ccc(C)n3C)CC2)no1. The summed E-state index contributed by atoms with van der Waals surface area (Å²) in [5.41, 5.74) is 1.84. The minimum Gasteiger partial charge on any atom is -0.344 e. The highest BCUT2D eigenvalue weighted by Gasteiger charge is 2.24. The van der Waals surface area contributed by atoms with Crippen molar-refractivity contribution in [2.75, 3.05) is 26.2 Å². The Kier molecular flexibility index (Phi) is 3.98. The zero-order valence-corrected chi connectivity index (χ0v) is 13.2. The number of aryl methyl sites for hydroxylation is 2. The molecule has 7 nitrogen and oxygen atoms in total. The monoisotopic (exact) mass is 303 g/mol. The maximum Gasteiger partial charge on any atom is 0.270 e. The molecule has 0 bridgehead atoms. The lowest BCUT2D eigenvalue weighted by Crippen LogP contribution is -2.48. The topological polar surface area (TPSA) is 67.4 Å². The van der Waals surface area contributed by atoms with Gasteiger partial charge in [-0.3, -0.25) is 9.69 Å². The quantitative estimate of drug-likeness (QED) is 0.845. The van der Waals surface area contributed by atoms with Crippen molar-refractivity contribution < 1.29 is 9.32 Å². The molecule has 0 spiro atoms. The fourth-order valence-corrected chi connectivity index (χ4v) is 2.70. The van der Waals surface area contributed by atoms with Crippen LogP contribution in [0.2, 0.25) is 0 Å². The summed E-state index contributed by atoms with van der Waals surface area (Å²) in [4.78, 5) is 20.9. The Morgan fingerprint density at radius 1 is 1.23 bits per heavy atom. The number of carbonyl (C=O) groups excluding carboxylic acids is 1. The van der Waals surface area contributed by atoms with Crippen molar-refractivity contribution >= 4 is 5.91 Å². The van der Waals surface area contributed by atoms with E-state index in [1.807, 2.05) is 35.6 Å². The van der Waals surface area contributed by atoms with E-state index in [2.05, 4.69) is 15.0 Å². The number of aromatic nitrogens is 3. The van der Waals surface area contributed by atoms with Crippen molar-refractivity contribution in [2.45, 2.75) is 20.4 Å². The van der Waals surface area contributed by atoms with E-state index >= 15 is 0 Å². The van der Waals surface area contributed by atoms with Crippen LogP contribution in [0.4, 0.5) is 0 Å². The van der Waals surface area contributed by atoms with Crippen molar-refractivity contribution in [3.05, 3.63) is 35.2 Å². The molecular weight excluding hydrogens is 282 g/mol. The highest BCUT2D eigenvalue weighted by Crippen LogP contribution is 2.12. The van der Waals surface area contributed by atoms with E-state index in [1.54, 1.807) is 6.92 Å². The van der Waals surface area contributed by atoms with Gasteiger partial charge in [0.25, 0.3) is 5.91 Å². The summed E-state index contributed by atoms with van der Waals surface area (Å²) >= 11 is 0. The van der Waals surface area contributed by atoms with Crippen LogP contribution in [0, 0.1) is 13.8 Å². The zero-order valence-electron chi connectivity index (χ0n) is 13.2. The first-order valence-corrected chi connectivity index (χ1v) is 7.48. The Morgan fingerprint density at radius 2 is 1.95 bits per heavy atom. The smallest absolute Gasteiger partial charge is 0.270 e. The fourth-order valence-electron chi connectivity index (χ4n) is 2.70. The van der Waals surface area contributed by atoms with E-state index < -0.39 is 0 Å². The number of hydrogen-bond donors (Lipinski definition) is 0. The van der Waals surface area contributed by atoms with Crippen LogP contribution in [0.5, 0.6) is 0 Å². The second kappa shape index (κ2) is 5.92. The Balaban J connectivity index is 1.57. The van der Waals surface area contributed by atoms with E-state index in [4.69, 9.17) is 4.52 Å². The standard InChI is InChI=1S/C15H21N5O2/c1-11-4-5-13(18(11)3)15(21)20-8-6-19(7-9-20)10-14-16-12(2)22-17-14/h4-5H,6-10H2,1-3H3. The molecule has 1 aliphatic heterocycles. The number of amides is 1. The molecule has 7 heteroatoms. The average molecular weight is 303 g/mol. The Hall–Kier alpha value is -2.15. The van der Waals surface area contributed by atoms with Crippen LogP contribution in [0.3, 0.4) is 0 Å². The van der Waals surface area contributed by atoms with Crippen LogP contribution in [0.1, 0.15) is 27.9 Å². The fraction of sp³-hybridized carbons (Fsp3) is 0.533. The zero-order chi connectivity index (χ0) is 15.7. The molecule has 0 atom stereocenters. The van der Waals surface area contributed by atoms with Gasteiger partial charge >= 0.3 is 0 Å². The van der Waals surface area contributed by atoms with Gasteiger partial charge in [0.15, 0.2) is 5.82 Å². The van der Waals surface area contributed by atoms with Crippen molar-refractivity contribution in [3.63, 3.8) is 0 Å². The van der Waals surface area contributed by atoms with Gasteiger partial charge in [-0.05, 0) is 19.1 Å². The first-order chi connectivity index (χ1) is 10.5. The summed E-state index contributed by atoms with van der Waals surface area (Å²) in [7, 11) is 1.93. The lowest BCUT2D eigenvalue weighted by atomic mass is 10.2. The Morgan fingerprint density at radius 3 is 2.50 bits per heavy atom. The summed E-state index contributed by atoms with van der Waals surface area (Å²) in [5.74, 6) is 1.39. The molecule has 1 fully saturated rings. The summed E-state index contributed by atoms with van der Waals surface area (Å²) < 4.78 is 6.92. The second-order valence-electron chi connectivity index (χ2n) is 5.72. The van der Waals surface area contributed by atoms with Gasteiger partial charge in [0.2, 0.25) is 5.89 Å². The first-order valence-electron chi connectivity index (χ1n) is 7.48. The van der Waals surface area contributed by atoms with Crippen molar-refractivity contribution in [3.8, 4) is 0 Å². The molecule has 1 amide bonds. The summed E-state index contributed by atoms with van der Waals surface area (Å²) in [6, 6.07) is 3.87. The predicted molar refractivity (Wildman–Crippen MR) is 80.4 cm³/mol. The molecule has 0 saturated carbocycles. The third-order valence-electron chi connectivity index (χ3n) is 4.19. The van der Waals surface area contributed by atoms with Crippen LogP contribution in [0.15, 0.2) is 16.7 Å². The molecule has 1 aliphatic rings. The second-order valence-corrected chi connectivity index (χ2v) is 5.72. The Bertz CT molecular complexity index is 667. The van der Waals surface area contributed by atoms with Crippen LogP contribution in [-0.4, -0.2) is 56.6 Å². The molecule has 3 heterocycles. The predicted octanol–water partition coefficient (Wildman–Crippen LogP) is 0.983. The van der Waals surface area contributed by atoms with E-state index in [0.29, 0.717) is 18.3 Å². The van der Waals surface area contributed by atoms with Crippen molar-refractivity contribution in [1.29, 1.82) is 0 Å². The average Bonchev–Trinajstić information content (AvgIpc) is 3.06. The lowest BCUT2D eigenvalue weighted by molar-refractivity contribution is 0.0615. The van der Waals surface area contributed by atoms with E-state index in [0.717, 1.165) is 37.6 Å². The summed E-state index contributed by atoms with van der Waals surface area (Å²) in [6.45, 7) is 7.55. The van der Waals surface area contributed by atoms with Crippen LogP contribution in [0.25, 0.3) is 0 Å². The molecular formula is C15H21N5O2. The van der Waals surface area contributed by atoms with Gasteiger partial charge in [0.05, 0.1) is 6.54 Å². The van der Waals surface area contributed by atoms with Crippen molar-refractivity contribution in [1.82, 2.24) is 24.5 Å². The van der Waals surface area contributed by atoms with Gasteiger partial charge in [-0.15, -0.1) is 0 Å². The van der Waals surface area contributed by atoms with Gasteiger partial charge in [0, 0.05) is 45.8 Å². The number of carbonyl (C=O) groups is 1. The maximum atomic E-state index is 12.5. The number of piperazine rings is 1. The van der Waals surface area contributed by atoms with E-state index in [1.165, 1.54) is 0 Å². The molecule has 0 radical (unpaired) electrons. The van der Waals surface area contributed by atoms with Crippen LogP contribution < -0.4 is 0 Å². The van der Waals surface area contributed by atoms with Gasteiger partial charge in [-0.1, -0.05) is 5.16 Å². The molecule has 0 unspecified atom stereocenters. The van der Waals surface area contributed by atoms with Crippen molar-refractivity contribution in [2.24, 2.45) is 7.05 Å². The van der Waals surface area contributed by atoms with Crippen LogP contribution in [-0.2, 0) is 13.6 Å². The highest BCUT2D eigenvalue weighted by atomic mass is 16.5. The molecule has 2 aromatic heterocycles. The van der Waals surface area contributed by atoms with Crippen LogP contribution >= 0.6 is 0 Å². The molecule has 1 saturated heterocycles.